The Bertz CT molecular complexity index is 5630. The SMILES string of the molecule is COc1cc2c(cc1O)/C(=N/OCc1ccc([N+](=O)[O-])cc1)CC1C2CC[C@@]2(C)C1CC[C@@H]2O.COc1cc2c(cc1O)C(=O)CC1C2CC[C@@]2(C)C1CC[C@@H]2O.COc1cc2c(cc1O)CCC1C2CC[C@@]2(C)C1CC[C@@H]2O.COc1cc2c(cc1OC(C)=O)C(=O)CC1C2CC[C@@]2(C)C1CC[C@@H]2OC(C)=O.COc1cc2c(cc1OC(C)=O)CCC1C2CC[C@@]2(C)C1CC[C@@H]2OC(C)=O. The Hall–Kier alpha value is -10.3. The van der Waals surface area contributed by atoms with Crippen molar-refractivity contribution in [3.05, 3.63) is 156 Å². The highest BCUT2D eigenvalue weighted by atomic mass is 16.6. The molecule has 0 bridgehead atoms. The first-order valence-electron chi connectivity index (χ1n) is 49.8. The van der Waals surface area contributed by atoms with Crippen molar-refractivity contribution in [2.75, 3.05) is 35.5 Å². The highest BCUT2D eigenvalue weighted by molar-refractivity contribution is 6.04. The van der Waals surface area contributed by atoms with Crippen molar-refractivity contribution in [1.29, 1.82) is 0 Å². The van der Waals surface area contributed by atoms with Gasteiger partial charge in [-0.15, -0.1) is 0 Å². The number of carbonyl (C=O) groups excluding carboxylic acids is 6. The van der Waals surface area contributed by atoms with Gasteiger partial charge in [-0.25, -0.2) is 0 Å². The van der Waals surface area contributed by atoms with Crippen molar-refractivity contribution < 1.29 is 112 Å². The number of non-ortho nitro benzene ring substituents is 1. The summed E-state index contributed by atoms with van der Waals surface area (Å²) in [6.45, 7) is 17.2. The predicted octanol–water partition coefficient (Wildman–Crippen LogP) is 20.2. The molecular weight excluding hydrogens is 1730 g/mol. The van der Waals surface area contributed by atoms with Crippen molar-refractivity contribution in [3.8, 4) is 57.5 Å². The van der Waals surface area contributed by atoms with E-state index in [1.165, 1.54) is 89.1 Å². The third kappa shape index (κ3) is 17.7. The third-order valence-corrected chi connectivity index (χ3v) is 37.1. The number of aliphatic hydroxyl groups excluding tert-OH is 3. The smallest absolute Gasteiger partial charge is 0.308 e. The molecule has 6 N–H and O–H groups in total. The van der Waals surface area contributed by atoms with Gasteiger partial charge in [-0.1, -0.05) is 39.8 Å². The Labute approximate surface area is 797 Å². The number of fused-ring (bicyclic) bond motifs is 25. The van der Waals surface area contributed by atoms with Crippen LogP contribution < -0.4 is 33.2 Å². The number of hydrogen-bond donors (Lipinski definition) is 6. The van der Waals surface area contributed by atoms with Gasteiger partial charge in [0, 0.05) is 80.2 Å². The monoisotopic (exact) mass is 1870 g/mol. The standard InChI is InChI=1S/C26H30N2O6.C23H28O6.C23H30O5.C19H24O4.C19H26O3/c1-26-10-9-17-18-13-24(33-2)23(29)12-20(18)22(11-19(17)21(26)7-8-25(26)30)27-34-14-15-3-5-16(6-4-15)28(31)32;1-12(24)28-21-11-17-15(10-20(21)27-4)14-7-8-23(3)18(16(14)9-19(17)26)5-6-22(23)29-13(2)25;1-13(24)27-21-11-15-5-6-17-16(18(15)12-20(21)26-4)9-10-23(3)19(17)7-8-22(23)28-14(2)25;1-19-6-5-10-11-9-17(23-2)16(21)8-13(11)15(20)7-12(10)14(19)3-4-18(19)22;1-19-8-7-12-13(15(19)5-6-18(19)21)4-3-11-9-16(20)17(22-2)10-14(11)12/h3-6,12-13,17,19,21,25,29-30H,7-11,14H2,1-2H3;10-11,14,16,18,22H,5-9H2,1-4H3;11-12,16-17,19,22H,5-10H2,1-4H3;8-10,12,14,18,21-22H,3-7H2,1-2H3;9-10,12-13,15,18,20-21H,3-8H2,1-2H3/b27-22+;;;;/t17?,19?,21?,25-,26-;14?,16?,18?,22-,23-;16?,17?,19?,22-,23-;10?,12?,14?,18-,19-;12?,13?,15?,18-,19-/m00000/s1. The van der Waals surface area contributed by atoms with Crippen molar-refractivity contribution in [1.82, 2.24) is 0 Å². The summed E-state index contributed by atoms with van der Waals surface area (Å²) in [5.74, 6) is 9.34. The molecule has 10 saturated carbocycles. The van der Waals surface area contributed by atoms with E-state index in [0.29, 0.717) is 141 Å². The highest BCUT2D eigenvalue weighted by Gasteiger charge is 2.62. The third-order valence-electron chi connectivity index (χ3n) is 37.1. The van der Waals surface area contributed by atoms with Gasteiger partial charge in [0.1, 0.15) is 18.8 Å². The van der Waals surface area contributed by atoms with E-state index in [9.17, 15) is 69.5 Å². The molecule has 26 heteroatoms. The van der Waals surface area contributed by atoms with Crippen LogP contribution in [0.2, 0.25) is 0 Å². The number of hydrogen-bond acceptors (Lipinski definition) is 25. The number of nitrogens with zero attached hydrogens (tertiary/aromatic N) is 2. The number of Topliss-reactive ketones (excluding diaryl/α,β-unsaturated/α-hetero) is 2. The molecule has 732 valence electrons. The van der Waals surface area contributed by atoms with Crippen LogP contribution >= 0.6 is 0 Å². The molecule has 0 aromatic heterocycles. The fourth-order valence-electron chi connectivity index (χ4n) is 30.3. The normalized spacial score (nSPS) is 34.5. The fraction of sp³-hybridized carbons (Fsp3) is 0.609. The van der Waals surface area contributed by atoms with E-state index >= 15 is 0 Å². The quantitative estimate of drug-likeness (QED) is 0.0271. The van der Waals surface area contributed by atoms with E-state index < -0.39 is 10.9 Å². The van der Waals surface area contributed by atoms with Crippen LogP contribution in [0, 0.1) is 96.4 Å². The van der Waals surface area contributed by atoms with Crippen LogP contribution in [0.1, 0.15) is 323 Å². The number of aliphatic hydroxyl groups is 3. The molecule has 0 radical (unpaired) electrons. The summed E-state index contributed by atoms with van der Waals surface area (Å²) in [7, 11) is 7.86. The minimum absolute atomic E-state index is 0.0332. The van der Waals surface area contributed by atoms with Crippen LogP contribution in [0.25, 0.3) is 0 Å². The molecule has 136 heavy (non-hydrogen) atoms. The number of nitro groups is 1. The highest BCUT2D eigenvalue weighted by Crippen LogP contribution is 2.68. The van der Waals surface area contributed by atoms with Crippen LogP contribution in [-0.4, -0.2) is 143 Å². The summed E-state index contributed by atoms with van der Waals surface area (Å²) < 4.78 is 48.9. The number of phenols is 3. The van der Waals surface area contributed by atoms with Crippen LogP contribution in [-0.2, 0) is 52.9 Å². The van der Waals surface area contributed by atoms with E-state index in [1.54, 1.807) is 51.7 Å². The van der Waals surface area contributed by atoms with E-state index in [4.69, 9.17) is 47.5 Å². The molecule has 26 nitrogen and oxygen atoms in total. The number of phenolic OH excluding ortho intramolecular Hbond substituents is 3. The first kappa shape index (κ1) is 97.3. The number of benzene rings is 6. The summed E-state index contributed by atoms with van der Waals surface area (Å²) in [6.07, 6.45) is 25.5. The molecule has 0 heterocycles. The maximum atomic E-state index is 13.1. The van der Waals surface area contributed by atoms with Crippen molar-refractivity contribution in [2.45, 2.75) is 302 Å². The van der Waals surface area contributed by atoms with Crippen molar-refractivity contribution in [3.63, 3.8) is 0 Å². The summed E-state index contributed by atoms with van der Waals surface area (Å²) in [6, 6.07) is 24.9. The second-order valence-electron chi connectivity index (χ2n) is 43.4. The molecule has 15 aliphatic rings. The molecule has 10 fully saturated rings. The van der Waals surface area contributed by atoms with Gasteiger partial charge in [0.25, 0.3) is 5.69 Å². The number of aromatic hydroxyl groups is 3. The lowest BCUT2D eigenvalue weighted by atomic mass is 9.55. The van der Waals surface area contributed by atoms with Crippen LogP contribution in [0.5, 0.6) is 57.5 Å². The summed E-state index contributed by atoms with van der Waals surface area (Å²) in [5.41, 5.74) is 12.2. The van der Waals surface area contributed by atoms with Crippen molar-refractivity contribution >= 4 is 46.8 Å². The van der Waals surface area contributed by atoms with Gasteiger partial charge in [0.15, 0.2) is 69.1 Å². The largest absolute Gasteiger partial charge is 0.504 e. The second-order valence-corrected chi connectivity index (χ2v) is 43.4. The van der Waals surface area contributed by atoms with Crippen LogP contribution in [0.15, 0.2) is 90.1 Å². The van der Waals surface area contributed by atoms with E-state index in [0.717, 1.165) is 181 Å². The number of aryl methyl sites for hydroxylation is 2. The first-order chi connectivity index (χ1) is 64.9. The summed E-state index contributed by atoms with van der Waals surface area (Å²) >= 11 is 0. The minimum Gasteiger partial charge on any atom is -0.504 e. The van der Waals surface area contributed by atoms with Gasteiger partial charge in [-0.05, 0) is 383 Å². The van der Waals surface area contributed by atoms with Gasteiger partial charge in [0.05, 0.1) is 64.5 Å². The molecule has 15 unspecified atom stereocenters. The van der Waals surface area contributed by atoms with E-state index in [2.05, 4.69) is 51.9 Å². The lowest BCUT2D eigenvalue weighted by Gasteiger charge is -2.50. The Morgan fingerprint density at radius 1 is 0.382 bits per heavy atom. The maximum absolute atomic E-state index is 13.1. The second kappa shape index (κ2) is 38.5. The topological polar surface area (TPSA) is 372 Å². The Balaban J connectivity index is 0.000000119. The molecule has 0 spiro atoms. The van der Waals surface area contributed by atoms with Gasteiger partial charge < -0.3 is 78.1 Å². The summed E-state index contributed by atoms with van der Waals surface area (Å²) in [4.78, 5) is 87.9. The molecule has 0 aliphatic heterocycles. The van der Waals surface area contributed by atoms with Crippen LogP contribution in [0.4, 0.5) is 5.69 Å². The zero-order chi connectivity index (χ0) is 96.8. The zero-order valence-corrected chi connectivity index (χ0v) is 81.4. The molecular formula is C110H138N2O24. The lowest BCUT2D eigenvalue weighted by molar-refractivity contribution is -0.384. The lowest BCUT2D eigenvalue weighted by Crippen LogP contribution is -2.46. The van der Waals surface area contributed by atoms with Gasteiger partial charge in [-0.2, -0.15) is 0 Å². The number of nitro benzene ring substituents is 1. The number of esters is 4. The Morgan fingerprint density at radius 3 is 1.15 bits per heavy atom. The number of methoxy groups -OCH3 is 5. The summed E-state index contributed by atoms with van der Waals surface area (Å²) in [5, 5.41) is 77.4. The number of carbonyl (C=O) groups is 6. The van der Waals surface area contributed by atoms with Gasteiger partial charge in [-0.3, -0.25) is 38.9 Å². The number of rotatable bonds is 13. The molecule has 15 aliphatic carbocycles. The van der Waals surface area contributed by atoms with E-state index in [1.807, 2.05) is 30.3 Å². The molecule has 0 saturated heterocycles. The maximum Gasteiger partial charge on any atom is 0.308 e. The van der Waals surface area contributed by atoms with Gasteiger partial charge >= 0.3 is 23.9 Å². The fourth-order valence-corrected chi connectivity index (χ4v) is 30.3. The Morgan fingerprint density at radius 2 is 0.721 bits per heavy atom. The molecule has 6 aromatic carbocycles. The van der Waals surface area contributed by atoms with E-state index in [-0.39, 0.29) is 128 Å². The van der Waals surface area contributed by atoms with Crippen molar-refractivity contribution in [2.24, 2.45) is 91.4 Å². The predicted molar refractivity (Wildman–Crippen MR) is 507 cm³/mol. The zero-order valence-electron chi connectivity index (χ0n) is 81.4. The first-order valence-corrected chi connectivity index (χ1v) is 49.8. The molecule has 6 aromatic rings. The molecule has 0 amide bonds. The number of ether oxygens (including phenoxy) is 9. The number of ketones is 2. The molecule has 21 rings (SSSR count). The Kier molecular flexibility index (Phi) is 27.5. The average molecular weight is 1870 g/mol. The average Bonchev–Trinajstić information content (AvgIpc) is 1.48. The number of oxime groups is 1. The molecule has 25 atom stereocenters. The minimum atomic E-state index is -0.444. The van der Waals surface area contributed by atoms with Gasteiger partial charge in [0.2, 0.25) is 0 Å². The van der Waals surface area contributed by atoms with Crippen LogP contribution in [0.3, 0.4) is 0 Å².